The average molecular weight is 237 g/mol. The highest BCUT2D eigenvalue weighted by Crippen LogP contribution is 2.06. The van der Waals surface area contributed by atoms with Crippen LogP contribution in [0.15, 0.2) is 12.3 Å². The molecule has 0 saturated carbocycles. The molecule has 1 aromatic rings. The summed E-state index contributed by atoms with van der Waals surface area (Å²) in [6.07, 6.45) is 2.85. The molecule has 0 bridgehead atoms. The summed E-state index contributed by atoms with van der Waals surface area (Å²) in [4.78, 5) is 10.7. The smallest absolute Gasteiger partial charge is 0.224 e. The second kappa shape index (κ2) is 7.06. The molecular formula is C12H23N5. The van der Waals surface area contributed by atoms with Crippen LogP contribution in [-0.4, -0.2) is 48.1 Å². The molecule has 0 aromatic carbocycles. The summed E-state index contributed by atoms with van der Waals surface area (Å²) in [5.74, 6) is 1.56. The van der Waals surface area contributed by atoms with E-state index >= 15 is 0 Å². The topological polar surface area (TPSA) is 53.1 Å². The molecule has 17 heavy (non-hydrogen) atoms. The number of rotatable bonds is 7. The lowest BCUT2D eigenvalue weighted by atomic mass is 10.4. The maximum atomic E-state index is 4.38. The largest absolute Gasteiger partial charge is 0.368 e. The Balaban J connectivity index is 2.37. The van der Waals surface area contributed by atoms with Crippen molar-refractivity contribution in [1.82, 2.24) is 14.9 Å². The normalized spacial score (nSPS) is 10.9. The molecule has 0 aliphatic rings. The van der Waals surface area contributed by atoms with Crippen LogP contribution in [0.3, 0.4) is 0 Å². The van der Waals surface area contributed by atoms with Crippen molar-refractivity contribution in [2.24, 2.45) is 0 Å². The van der Waals surface area contributed by atoms with Crippen LogP contribution in [0.5, 0.6) is 0 Å². The molecule has 0 amide bonds. The Bertz CT molecular complexity index is 324. The van der Waals surface area contributed by atoms with Gasteiger partial charge in [-0.15, -0.1) is 0 Å². The first kappa shape index (κ1) is 13.7. The zero-order valence-electron chi connectivity index (χ0n) is 11.2. The number of aromatic nitrogens is 2. The Hall–Kier alpha value is -1.36. The van der Waals surface area contributed by atoms with E-state index in [9.17, 15) is 0 Å². The maximum Gasteiger partial charge on any atom is 0.224 e. The van der Waals surface area contributed by atoms with Crippen molar-refractivity contribution >= 4 is 11.8 Å². The van der Waals surface area contributed by atoms with Gasteiger partial charge in [-0.05, 0) is 47.0 Å². The van der Waals surface area contributed by atoms with E-state index in [1.807, 2.05) is 6.07 Å². The number of nitrogens with one attached hydrogen (secondary N) is 2. The van der Waals surface area contributed by atoms with Crippen LogP contribution in [-0.2, 0) is 0 Å². The third kappa shape index (κ3) is 6.06. The second-order valence-corrected chi connectivity index (χ2v) is 4.65. The molecule has 0 aliphatic heterocycles. The summed E-state index contributed by atoms with van der Waals surface area (Å²) in [5, 5.41) is 6.48. The fourth-order valence-corrected chi connectivity index (χ4v) is 1.42. The van der Waals surface area contributed by atoms with E-state index in [4.69, 9.17) is 0 Å². The number of hydrogen-bond donors (Lipinski definition) is 2. The Morgan fingerprint density at radius 3 is 2.76 bits per heavy atom. The fourth-order valence-electron chi connectivity index (χ4n) is 1.42. The molecule has 0 radical (unpaired) electrons. The van der Waals surface area contributed by atoms with E-state index in [2.05, 4.69) is 53.4 Å². The van der Waals surface area contributed by atoms with Crippen molar-refractivity contribution in [2.45, 2.75) is 26.3 Å². The van der Waals surface area contributed by atoms with E-state index in [1.54, 1.807) is 6.20 Å². The Morgan fingerprint density at radius 2 is 2.12 bits per heavy atom. The molecule has 5 heteroatoms. The highest BCUT2D eigenvalue weighted by atomic mass is 15.1. The van der Waals surface area contributed by atoms with Crippen molar-refractivity contribution in [3.8, 4) is 0 Å². The van der Waals surface area contributed by atoms with E-state index in [0.717, 1.165) is 25.3 Å². The molecule has 96 valence electrons. The first-order valence-electron chi connectivity index (χ1n) is 6.06. The lowest BCUT2D eigenvalue weighted by molar-refractivity contribution is 0.405. The van der Waals surface area contributed by atoms with Crippen LogP contribution in [0.4, 0.5) is 11.8 Å². The summed E-state index contributed by atoms with van der Waals surface area (Å²) in [6.45, 7) is 6.14. The molecule has 1 heterocycles. The Morgan fingerprint density at radius 1 is 1.35 bits per heavy atom. The molecule has 5 nitrogen and oxygen atoms in total. The molecule has 0 atom stereocenters. The molecule has 0 saturated heterocycles. The van der Waals surface area contributed by atoms with Crippen LogP contribution < -0.4 is 10.6 Å². The molecule has 2 N–H and O–H groups in total. The van der Waals surface area contributed by atoms with Gasteiger partial charge in [0.1, 0.15) is 5.82 Å². The number of anilines is 2. The van der Waals surface area contributed by atoms with Crippen LogP contribution in [0.25, 0.3) is 0 Å². The van der Waals surface area contributed by atoms with E-state index < -0.39 is 0 Å². The number of nitrogens with zero attached hydrogens (tertiary/aromatic N) is 3. The monoisotopic (exact) mass is 237 g/mol. The van der Waals surface area contributed by atoms with Gasteiger partial charge < -0.3 is 15.5 Å². The second-order valence-electron chi connectivity index (χ2n) is 4.65. The summed E-state index contributed by atoms with van der Waals surface area (Å²) in [6, 6.07) is 2.26. The van der Waals surface area contributed by atoms with Crippen LogP contribution in [0.2, 0.25) is 0 Å². The van der Waals surface area contributed by atoms with Gasteiger partial charge in [0.15, 0.2) is 0 Å². The molecule has 0 unspecified atom stereocenters. The average Bonchev–Trinajstić information content (AvgIpc) is 2.24. The van der Waals surface area contributed by atoms with Crippen molar-refractivity contribution in [1.29, 1.82) is 0 Å². The van der Waals surface area contributed by atoms with Crippen LogP contribution in [0, 0.1) is 0 Å². The molecule has 0 fully saturated rings. The molecule has 0 spiro atoms. The Labute approximate surface area is 104 Å². The SMILES string of the molecule is CC(C)Nc1ccnc(NCCCN(C)C)n1. The van der Waals surface area contributed by atoms with E-state index in [1.165, 1.54) is 0 Å². The predicted octanol–water partition coefficient (Wildman–Crippen LogP) is 1.66. The minimum absolute atomic E-state index is 0.381. The van der Waals surface area contributed by atoms with Gasteiger partial charge >= 0.3 is 0 Å². The van der Waals surface area contributed by atoms with Crippen LogP contribution in [0.1, 0.15) is 20.3 Å². The third-order valence-corrected chi connectivity index (χ3v) is 2.16. The first-order chi connectivity index (χ1) is 8.08. The zero-order chi connectivity index (χ0) is 12.7. The van der Waals surface area contributed by atoms with Crippen molar-refractivity contribution in [2.75, 3.05) is 37.8 Å². The van der Waals surface area contributed by atoms with Gasteiger partial charge in [0.2, 0.25) is 5.95 Å². The van der Waals surface area contributed by atoms with Gasteiger partial charge in [-0.25, -0.2) is 4.98 Å². The van der Waals surface area contributed by atoms with Gasteiger partial charge in [0.05, 0.1) is 0 Å². The number of hydrogen-bond acceptors (Lipinski definition) is 5. The summed E-state index contributed by atoms with van der Waals surface area (Å²) in [5.41, 5.74) is 0. The highest BCUT2D eigenvalue weighted by Gasteiger charge is 2.00. The minimum atomic E-state index is 0.381. The molecular weight excluding hydrogens is 214 g/mol. The molecule has 0 aliphatic carbocycles. The van der Waals surface area contributed by atoms with E-state index in [-0.39, 0.29) is 0 Å². The molecule has 1 rings (SSSR count). The van der Waals surface area contributed by atoms with Gasteiger partial charge in [-0.3, -0.25) is 0 Å². The summed E-state index contributed by atoms with van der Waals surface area (Å²) < 4.78 is 0. The highest BCUT2D eigenvalue weighted by molar-refractivity contribution is 5.39. The lowest BCUT2D eigenvalue weighted by Crippen LogP contribution is -2.17. The minimum Gasteiger partial charge on any atom is -0.368 e. The van der Waals surface area contributed by atoms with Crippen molar-refractivity contribution in [3.63, 3.8) is 0 Å². The fraction of sp³-hybridized carbons (Fsp3) is 0.667. The van der Waals surface area contributed by atoms with Crippen molar-refractivity contribution < 1.29 is 0 Å². The zero-order valence-corrected chi connectivity index (χ0v) is 11.2. The predicted molar refractivity (Wildman–Crippen MR) is 72.5 cm³/mol. The van der Waals surface area contributed by atoms with Gasteiger partial charge in [0.25, 0.3) is 0 Å². The van der Waals surface area contributed by atoms with E-state index in [0.29, 0.717) is 12.0 Å². The quantitative estimate of drug-likeness (QED) is 0.706. The Kier molecular flexibility index (Phi) is 5.69. The summed E-state index contributed by atoms with van der Waals surface area (Å²) in [7, 11) is 4.15. The first-order valence-corrected chi connectivity index (χ1v) is 6.06. The maximum absolute atomic E-state index is 4.38. The standard InChI is InChI=1S/C12H23N5/c1-10(2)15-11-6-8-14-12(16-11)13-7-5-9-17(3)4/h6,8,10H,5,7,9H2,1-4H3,(H2,13,14,15,16). The van der Waals surface area contributed by atoms with Gasteiger partial charge in [0, 0.05) is 18.8 Å². The summed E-state index contributed by atoms with van der Waals surface area (Å²) >= 11 is 0. The van der Waals surface area contributed by atoms with Gasteiger partial charge in [-0.1, -0.05) is 0 Å². The third-order valence-electron chi connectivity index (χ3n) is 2.16. The van der Waals surface area contributed by atoms with Gasteiger partial charge in [-0.2, -0.15) is 4.98 Å². The van der Waals surface area contributed by atoms with Crippen molar-refractivity contribution in [3.05, 3.63) is 12.3 Å². The lowest BCUT2D eigenvalue weighted by Gasteiger charge is -2.11. The van der Waals surface area contributed by atoms with Crippen LogP contribution >= 0.6 is 0 Å². The molecule has 1 aromatic heterocycles.